The normalized spacial score (nSPS) is 11.3. The minimum atomic E-state index is -2.86. The SMILES string of the molecule is Cc1cc(C(C)C)n(-c2ccc(OC(F)F)nc2)n1. The highest BCUT2D eigenvalue weighted by atomic mass is 19.3. The lowest BCUT2D eigenvalue weighted by Gasteiger charge is -2.10. The van der Waals surface area contributed by atoms with Gasteiger partial charge in [0.1, 0.15) is 0 Å². The molecule has 0 aliphatic heterocycles. The van der Waals surface area contributed by atoms with Gasteiger partial charge in [-0.3, -0.25) is 0 Å². The van der Waals surface area contributed by atoms with Gasteiger partial charge in [0.15, 0.2) is 0 Å². The fourth-order valence-electron chi connectivity index (χ4n) is 1.80. The topological polar surface area (TPSA) is 39.9 Å². The molecule has 0 aliphatic rings. The molecule has 0 aromatic carbocycles. The van der Waals surface area contributed by atoms with Crippen molar-refractivity contribution in [1.29, 1.82) is 0 Å². The maximum absolute atomic E-state index is 12.0. The van der Waals surface area contributed by atoms with Gasteiger partial charge in [-0.1, -0.05) is 13.8 Å². The van der Waals surface area contributed by atoms with Crippen LogP contribution >= 0.6 is 0 Å². The van der Waals surface area contributed by atoms with Crippen LogP contribution in [0.3, 0.4) is 0 Å². The van der Waals surface area contributed by atoms with Crippen molar-refractivity contribution in [3.05, 3.63) is 35.8 Å². The van der Waals surface area contributed by atoms with Crippen LogP contribution in [0.2, 0.25) is 0 Å². The maximum Gasteiger partial charge on any atom is 0.388 e. The van der Waals surface area contributed by atoms with Crippen molar-refractivity contribution in [2.45, 2.75) is 33.3 Å². The van der Waals surface area contributed by atoms with Gasteiger partial charge in [-0.15, -0.1) is 0 Å². The number of ether oxygens (including phenoxy) is 1. The van der Waals surface area contributed by atoms with E-state index < -0.39 is 6.61 Å². The number of aryl methyl sites for hydroxylation is 1. The molecule has 0 aliphatic carbocycles. The first kappa shape index (κ1) is 13.5. The summed E-state index contributed by atoms with van der Waals surface area (Å²) < 4.78 is 30.1. The summed E-state index contributed by atoms with van der Waals surface area (Å²) in [4.78, 5) is 3.84. The molecule has 0 N–H and O–H groups in total. The lowest BCUT2D eigenvalue weighted by molar-refractivity contribution is -0.0528. The standard InChI is InChI=1S/C13H15F2N3O/c1-8(2)11-6-9(3)17-18(11)10-4-5-12(16-7-10)19-13(14)15/h4-8,13H,1-3H3. The van der Waals surface area contributed by atoms with Crippen LogP contribution in [0.1, 0.15) is 31.2 Å². The summed E-state index contributed by atoms with van der Waals surface area (Å²) in [6.45, 7) is 3.17. The van der Waals surface area contributed by atoms with Gasteiger partial charge in [0, 0.05) is 11.8 Å². The summed E-state index contributed by atoms with van der Waals surface area (Å²) in [5.74, 6) is 0.201. The summed E-state index contributed by atoms with van der Waals surface area (Å²) in [7, 11) is 0. The zero-order valence-corrected chi connectivity index (χ0v) is 11.0. The minimum absolute atomic E-state index is 0.103. The molecule has 2 aromatic rings. The third-order valence-corrected chi connectivity index (χ3v) is 2.63. The van der Waals surface area contributed by atoms with Crippen molar-refractivity contribution in [2.24, 2.45) is 0 Å². The lowest BCUT2D eigenvalue weighted by atomic mass is 10.1. The van der Waals surface area contributed by atoms with Gasteiger partial charge in [-0.2, -0.15) is 13.9 Å². The Balaban J connectivity index is 2.32. The third kappa shape index (κ3) is 3.07. The zero-order valence-electron chi connectivity index (χ0n) is 11.0. The summed E-state index contributed by atoms with van der Waals surface area (Å²) in [6, 6.07) is 5.06. The van der Waals surface area contributed by atoms with Crippen molar-refractivity contribution in [1.82, 2.24) is 14.8 Å². The van der Waals surface area contributed by atoms with Crippen LogP contribution in [0.25, 0.3) is 5.69 Å². The van der Waals surface area contributed by atoms with E-state index in [0.29, 0.717) is 5.92 Å². The van der Waals surface area contributed by atoms with Crippen molar-refractivity contribution >= 4 is 0 Å². The molecule has 0 fully saturated rings. The van der Waals surface area contributed by atoms with Gasteiger partial charge in [0.2, 0.25) is 5.88 Å². The predicted octanol–water partition coefficient (Wildman–Crippen LogP) is 3.30. The molecule has 2 heterocycles. The van der Waals surface area contributed by atoms with Crippen LogP contribution in [0.4, 0.5) is 8.78 Å². The van der Waals surface area contributed by atoms with E-state index in [4.69, 9.17) is 0 Å². The highest BCUT2D eigenvalue weighted by molar-refractivity contribution is 5.34. The molecule has 2 rings (SSSR count). The largest absolute Gasteiger partial charge is 0.417 e. The average molecular weight is 267 g/mol. The van der Waals surface area contributed by atoms with Crippen LogP contribution in [0.5, 0.6) is 5.88 Å². The molecule has 102 valence electrons. The fourth-order valence-corrected chi connectivity index (χ4v) is 1.80. The van der Waals surface area contributed by atoms with E-state index in [0.717, 1.165) is 17.1 Å². The highest BCUT2D eigenvalue weighted by Gasteiger charge is 2.12. The Morgan fingerprint density at radius 1 is 1.26 bits per heavy atom. The molecule has 19 heavy (non-hydrogen) atoms. The second-order valence-electron chi connectivity index (χ2n) is 4.51. The van der Waals surface area contributed by atoms with Gasteiger partial charge >= 0.3 is 6.61 Å². The average Bonchev–Trinajstić information content (AvgIpc) is 2.72. The monoisotopic (exact) mass is 267 g/mol. The lowest BCUT2D eigenvalue weighted by Crippen LogP contribution is -2.06. The first-order valence-corrected chi connectivity index (χ1v) is 5.95. The van der Waals surface area contributed by atoms with Crippen molar-refractivity contribution in [3.8, 4) is 11.6 Å². The Hall–Kier alpha value is -1.98. The quantitative estimate of drug-likeness (QED) is 0.853. The number of halogens is 2. The number of nitrogens with zero attached hydrogens (tertiary/aromatic N) is 3. The summed E-state index contributed by atoms with van der Waals surface area (Å²) in [5.41, 5.74) is 2.66. The Labute approximate surface area is 110 Å². The molecule has 0 saturated heterocycles. The molecule has 0 bridgehead atoms. The number of rotatable bonds is 4. The molecule has 2 aromatic heterocycles. The summed E-state index contributed by atoms with van der Waals surface area (Å²) in [5, 5.41) is 4.38. The molecule has 0 unspecified atom stereocenters. The fraction of sp³-hybridized carbons (Fsp3) is 0.385. The number of alkyl halides is 2. The van der Waals surface area contributed by atoms with E-state index in [1.54, 1.807) is 10.7 Å². The Morgan fingerprint density at radius 2 is 2.00 bits per heavy atom. The molecule has 0 radical (unpaired) electrons. The van der Waals surface area contributed by atoms with Crippen LogP contribution in [-0.2, 0) is 0 Å². The van der Waals surface area contributed by atoms with Crippen LogP contribution in [0.15, 0.2) is 24.4 Å². The molecule has 6 heteroatoms. The van der Waals surface area contributed by atoms with Crippen LogP contribution in [0, 0.1) is 6.92 Å². The molecule has 0 spiro atoms. The first-order chi connectivity index (χ1) is 8.97. The summed E-state index contributed by atoms with van der Waals surface area (Å²) in [6.07, 6.45) is 1.47. The maximum atomic E-state index is 12.0. The Kier molecular flexibility index (Phi) is 3.78. The third-order valence-electron chi connectivity index (χ3n) is 2.63. The van der Waals surface area contributed by atoms with E-state index >= 15 is 0 Å². The molecular formula is C13H15F2N3O. The van der Waals surface area contributed by atoms with Crippen molar-refractivity contribution in [2.75, 3.05) is 0 Å². The number of hydrogen-bond acceptors (Lipinski definition) is 3. The Morgan fingerprint density at radius 3 is 2.53 bits per heavy atom. The number of aromatic nitrogens is 3. The van der Waals surface area contributed by atoms with Gasteiger partial charge in [-0.05, 0) is 25.0 Å². The molecule has 4 nitrogen and oxygen atoms in total. The predicted molar refractivity (Wildman–Crippen MR) is 66.8 cm³/mol. The van der Waals surface area contributed by atoms with Crippen LogP contribution in [-0.4, -0.2) is 21.4 Å². The first-order valence-electron chi connectivity index (χ1n) is 5.95. The van der Waals surface area contributed by atoms with E-state index in [2.05, 4.69) is 28.7 Å². The van der Waals surface area contributed by atoms with Gasteiger partial charge in [0.05, 0.1) is 17.6 Å². The van der Waals surface area contributed by atoms with Gasteiger partial charge < -0.3 is 4.74 Å². The molecule has 0 amide bonds. The number of pyridine rings is 1. The van der Waals surface area contributed by atoms with E-state index in [1.807, 2.05) is 13.0 Å². The van der Waals surface area contributed by atoms with E-state index in [-0.39, 0.29) is 5.88 Å². The van der Waals surface area contributed by atoms with Gasteiger partial charge in [-0.25, -0.2) is 9.67 Å². The second-order valence-corrected chi connectivity index (χ2v) is 4.51. The van der Waals surface area contributed by atoms with Gasteiger partial charge in [0.25, 0.3) is 0 Å². The summed E-state index contributed by atoms with van der Waals surface area (Å²) >= 11 is 0. The number of hydrogen-bond donors (Lipinski definition) is 0. The van der Waals surface area contributed by atoms with E-state index in [9.17, 15) is 8.78 Å². The van der Waals surface area contributed by atoms with Crippen molar-refractivity contribution in [3.63, 3.8) is 0 Å². The Bertz CT molecular complexity index is 550. The second kappa shape index (κ2) is 5.34. The van der Waals surface area contributed by atoms with E-state index in [1.165, 1.54) is 12.3 Å². The zero-order chi connectivity index (χ0) is 14.0. The van der Waals surface area contributed by atoms with Crippen LogP contribution < -0.4 is 4.74 Å². The van der Waals surface area contributed by atoms with Crippen molar-refractivity contribution < 1.29 is 13.5 Å². The molecule has 0 atom stereocenters. The molecular weight excluding hydrogens is 252 g/mol. The highest BCUT2D eigenvalue weighted by Crippen LogP contribution is 2.21. The smallest absolute Gasteiger partial charge is 0.388 e. The molecule has 0 saturated carbocycles. The minimum Gasteiger partial charge on any atom is -0.417 e.